The number of hydrogen-bond donors (Lipinski definition) is 1. The van der Waals surface area contributed by atoms with Crippen molar-refractivity contribution in [2.75, 3.05) is 6.61 Å². The van der Waals surface area contributed by atoms with Crippen LogP contribution in [0.25, 0.3) is 6.08 Å². The third kappa shape index (κ3) is 6.84. The Morgan fingerprint density at radius 2 is 1.92 bits per heavy atom. The second-order valence-electron chi connectivity index (χ2n) is 6.48. The lowest BCUT2D eigenvalue weighted by Crippen LogP contribution is -2.07. The highest BCUT2D eigenvalue weighted by atomic mass is 16.5. The zero-order valence-electron chi connectivity index (χ0n) is 14.9. The van der Waals surface area contributed by atoms with Crippen LogP contribution in [0.5, 0.6) is 5.75 Å². The molecule has 2 aromatic carbocycles. The van der Waals surface area contributed by atoms with E-state index in [9.17, 15) is 9.90 Å². The molecule has 0 bridgehead atoms. The Hall–Kier alpha value is -2.55. The molecule has 1 unspecified atom stereocenters. The number of rotatable bonds is 8. The van der Waals surface area contributed by atoms with Crippen LogP contribution in [0.1, 0.15) is 36.5 Å². The van der Waals surface area contributed by atoms with Crippen LogP contribution in [-0.2, 0) is 16.0 Å². The van der Waals surface area contributed by atoms with E-state index in [2.05, 4.69) is 31.2 Å². The zero-order chi connectivity index (χ0) is 18.1. The second-order valence-corrected chi connectivity index (χ2v) is 6.48. The standard InChI is InChI=1S/C22H26O3/c1-17(8-10-19-6-4-3-5-7-19)14-15-25-22(24)13-11-20-16-18(2)9-12-21(20)23/h3-7,9,11-13,16-17,23H,8,10,14-15H2,1-2H3/b13-11+. The van der Waals surface area contributed by atoms with Gasteiger partial charge in [-0.2, -0.15) is 0 Å². The summed E-state index contributed by atoms with van der Waals surface area (Å²) in [5.41, 5.74) is 2.98. The number of aryl methyl sites for hydroxylation is 2. The molecule has 0 heterocycles. The van der Waals surface area contributed by atoms with Crippen LogP contribution >= 0.6 is 0 Å². The van der Waals surface area contributed by atoms with Crippen molar-refractivity contribution in [3.05, 3.63) is 71.3 Å². The van der Waals surface area contributed by atoms with Gasteiger partial charge in [0.15, 0.2) is 0 Å². The third-order valence-corrected chi connectivity index (χ3v) is 4.21. The van der Waals surface area contributed by atoms with Crippen LogP contribution in [0, 0.1) is 12.8 Å². The highest BCUT2D eigenvalue weighted by molar-refractivity contribution is 5.87. The van der Waals surface area contributed by atoms with Gasteiger partial charge in [-0.3, -0.25) is 0 Å². The van der Waals surface area contributed by atoms with E-state index in [1.54, 1.807) is 12.1 Å². The van der Waals surface area contributed by atoms with Crippen LogP contribution in [-0.4, -0.2) is 17.7 Å². The molecule has 0 fully saturated rings. The van der Waals surface area contributed by atoms with Crippen molar-refractivity contribution in [3.63, 3.8) is 0 Å². The number of aromatic hydroxyl groups is 1. The maximum Gasteiger partial charge on any atom is 0.330 e. The van der Waals surface area contributed by atoms with E-state index in [0.717, 1.165) is 24.8 Å². The zero-order valence-corrected chi connectivity index (χ0v) is 14.9. The average Bonchev–Trinajstić information content (AvgIpc) is 2.61. The van der Waals surface area contributed by atoms with Crippen LogP contribution in [0.4, 0.5) is 0 Å². The number of benzene rings is 2. The molecule has 0 aromatic heterocycles. The largest absolute Gasteiger partial charge is 0.507 e. The van der Waals surface area contributed by atoms with Crippen molar-refractivity contribution >= 4 is 12.0 Å². The number of carbonyl (C=O) groups excluding carboxylic acids is 1. The summed E-state index contributed by atoms with van der Waals surface area (Å²) in [4.78, 5) is 11.8. The van der Waals surface area contributed by atoms with E-state index in [1.807, 2.05) is 25.1 Å². The monoisotopic (exact) mass is 338 g/mol. The van der Waals surface area contributed by atoms with Crippen LogP contribution in [0.2, 0.25) is 0 Å². The molecule has 1 atom stereocenters. The Morgan fingerprint density at radius 1 is 1.16 bits per heavy atom. The summed E-state index contributed by atoms with van der Waals surface area (Å²) in [6.07, 6.45) is 5.92. The summed E-state index contributed by atoms with van der Waals surface area (Å²) in [6.45, 7) is 4.53. The predicted molar refractivity (Wildman–Crippen MR) is 101 cm³/mol. The van der Waals surface area contributed by atoms with Gasteiger partial charge in [-0.15, -0.1) is 0 Å². The minimum Gasteiger partial charge on any atom is -0.507 e. The minimum absolute atomic E-state index is 0.157. The number of esters is 1. The summed E-state index contributed by atoms with van der Waals surface area (Å²) in [6, 6.07) is 15.7. The van der Waals surface area contributed by atoms with E-state index < -0.39 is 0 Å². The molecule has 3 heteroatoms. The van der Waals surface area contributed by atoms with Crippen molar-refractivity contribution in [2.24, 2.45) is 5.92 Å². The average molecular weight is 338 g/mol. The maximum atomic E-state index is 11.8. The SMILES string of the molecule is Cc1ccc(O)c(/C=C/C(=O)OCCC(C)CCc2ccccc2)c1. The fraction of sp³-hybridized carbons (Fsp3) is 0.318. The molecule has 0 aliphatic carbocycles. The van der Waals surface area contributed by atoms with Gasteiger partial charge in [-0.05, 0) is 55.9 Å². The smallest absolute Gasteiger partial charge is 0.330 e. The van der Waals surface area contributed by atoms with E-state index >= 15 is 0 Å². The Balaban J connectivity index is 1.69. The molecule has 0 amide bonds. The number of carbonyl (C=O) groups is 1. The van der Waals surface area contributed by atoms with Crippen molar-refractivity contribution < 1.29 is 14.6 Å². The van der Waals surface area contributed by atoms with Crippen molar-refractivity contribution in [2.45, 2.75) is 33.1 Å². The lowest BCUT2D eigenvalue weighted by atomic mass is 9.99. The summed E-state index contributed by atoms with van der Waals surface area (Å²) in [5.74, 6) is 0.276. The molecule has 2 rings (SSSR count). The highest BCUT2D eigenvalue weighted by Gasteiger charge is 2.05. The minimum atomic E-state index is -0.379. The lowest BCUT2D eigenvalue weighted by Gasteiger charge is -2.11. The first-order chi connectivity index (χ1) is 12.0. The number of phenolic OH excluding ortho intramolecular Hbond substituents is 1. The van der Waals surface area contributed by atoms with Crippen molar-refractivity contribution in [1.82, 2.24) is 0 Å². The van der Waals surface area contributed by atoms with E-state index in [1.165, 1.54) is 11.6 Å². The molecule has 0 aliphatic heterocycles. The Labute approximate surface area is 150 Å². The predicted octanol–water partition coefficient (Wildman–Crippen LogP) is 4.92. The van der Waals surface area contributed by atoms with E-state index in [4.69, 9.17) is 4.74 Å². The molecule has 0 aliphatic rings. The molecular formula is C22H26O3. The molecule has 1 N–H and O–H groups in total. The first-order valence-corrected chi connectivity index (χ1v) is 8.73. The normalized spacial score (nSPS) is 12.2. The highest BCUT2D eigenvalue weighted by Crippen LogP contribution is 2.19. The number of ether oxygens (including phenoxy) is 1. The van der Waals surface area contributed by atoms with Crippen LogP contribution < -0.4 is 0 Å². The molecular weight excluding hydrogens is 312 g/mol. The molecule has 3 nitrogen and oxygen atoms in total. The van der Waals surface area contributed by atoms with Gasteiger partial charge < -0.3 is 9.84 Å². The topological polar surface area (TPSA) is 46.5 Å². The summed E-state index contributed by atoms with van der Waals surface area (Å²) < 4.78 is 5.25. The van der Waals surface area contributed by atoms with E-state index in [-0.39, 0.29) is 11.7 Å². The lowest BCUT2D eigenvalue weighted by molar-refractivity contribution is -0.138. The Morgan fingerprint density at radius 3 is 2.68 bits per heavy atom. The molecule has 2 aromatic rings. The maximum absolute atomic E-state index is 11.8. The molecule has 132 valence electrons. The molecule has 0 radical (unpaired) electrons. The molecule has 0 saturated heterocycles. The third-order valence-electron chi connectivity index (χ3n) is 4.21. The summed E-state index contributed by atoms with van der Waals surface area (Å²) in [5, 5.41) is 9.75. The molecule has 25 heavy (non-hydrogen) atoms. The number of phenols is 1. The van der Waals surface area contributed by atoms with Gasteiger partial charge in [0.05, 0.1) is 6.61 Å². The van der Waals surface area contributed by atoms with Gasteiger partial charge in [0, 0.05) is 11.6 Å². The van der Waals surface area contributed by atoms with Gasteiger partial charge in [0.1, 0.15) is 5.75 Å². The Bertz CT molecular complexity index is 704. The van der Waals surface area contributed by atoms with Gasteiger partial charge in [0.2, 0.25) is 0 Å². The van der Waals surface area contributed by atoms with Crippen LogP contribution in [0.3, 0.4) is 0 Å². The molecule has 0 saturated carbocycles. The van der Waals surface area contributed by atoms with Crippen molar-refractivity contribution in [3.8, 4) is 5.75 Å². The fourth-order valence-electron chi connectivity index (χ4n) is 2.58. The van der Waals surface area contributed by atoms with E-state index in [0.29, 0.717) is 18.1 Å². The number of hydrogen-bond acceptors (Lipinski definition) is 3. The first-order valence-electron chi connectivity index (χ1n) is 8.73. The van der Waals surface area contributed by atoms with Gasteiger partial charge in [0.25, 0.3) is 0 Å². The fourth-order valence-corrected chi connectivity index (χ4v) is 2.58. The second kappa shape index (κ2) is 9.67. The summed E-state index contributed by atoms with van der Waals surface area (Å²) >= 11 is 0. The molecule has 0 spiro atoms. The first kappa shape index (κ1) is 18.8. The summed E-state index contributed by atoms with van der Waals surface area (Å²) in [7, 11) is 0. The van der Waals surface area contributed by atoms with Crippen molar-refractivity contribution in [1.29, 1.82) is 0 Å². The van der Waals surface area contributed by atoms with Crippen LogP contribution in [0.15, 0.2) is 54.6 Å². The Kier molecular flexibility index (Phi) is 7.27. The van der Waals surface area contributed by atoms with Gasteiger partial charge in [-0.25, -0.2) is 4.79 Å². The quantitative estimate of drug-likeness (QED) is 0.549. The van der Waals surface area contributed by atoms with Gasteiger partial charge in [-0.1, -0.05) is 48.9 Å². The van der Waals surface area contributed by atoms with Gasteiger partial charge >= 0.3 is 5.97 Å².